The second-order valence-electron chi connectivity index (χ2n) is 3.87. The number of benzene rings is 1. The summed E-state index contributed by atoms with van der Waals surface area (Å²) in [5, 5.41) is 10.7. The van der Waals surface area contributed by atoms with Crippen molar-refractivity contribution < 1.29 is 13.9 Å². The first-order valence-corrected chi connectivity index (χ1v) is 7.52. The third-order valence-electron chi connectivity index (χ3n) is 2.52. The van der Waals surface area contributed by atoms with E-state index in [2.05, 4.69) is 4.98 Å². The zero-order valence-electron chi connectivity index (χ0n) is 11.0. The summed E-state index contributed by atoms with van der Waals surface area (Å²) in [7, 11) is 1.54. The minimum atomic E-state index is -0.518. The van der Waals surface area contributed by atoms with Crippen molar-refractivity contribution in [2.24, 2.45) is 7.05 Å². The van der Waals surface area contributed by atoms with Crippen molar-refractivity contribution in [3.8, 4) is 5.75 Å². The first-order valence-electron chi connectivity index (χ1n) is 5.79. The number of carbonyl (C=O) groups is 1. The maximum atomic E-state index is 11.7. The molecule has 7 nitrogen and oxygen atoms in total. The third-order valence-corrected chi connectivity index (χ3v) is 4.12. The second kappa shape index (κ2) is 7.14. The standard InChI is InChI=1S/C12H11N3O4S2/c1-14-10(13-7-11(14)15(17)18)8-20-12(16)21-19-9-5-3-2-4-6-9/h2-7H,8H2,1H3. The van der Waals surface area contributed by atoms with Gasteiger partial charge in [-0.3, -0.25) is 4.79 Å². The molecule has 0 bridgehead atoms. The first-order chi connectivity index (χ1) is 10.1. The van der Waals surface area contributed by atoms with Crippen molar-refractivity contribution >= 4 is 34.1 Å². The fourth-order valence-electron chi connectivity index (χ4n) is 1.45. The minimum Gasteiger partial charge on any atom is -0.417 e. The Morgan fingerprint density at radius 2 is 2.14 bits per heavy atom. The van der Waals surface area contributed by atoms with Crippen LogP contribution >= 0.6 is 23.8 Å². The van der Waals surface area contributed by atoms with E-state index in [1.807, 2.05) is 6.07 Å². The monoisotopic (exact) mass is 325 g/mol. The number of imidazole rings is 1. The minimum absolute atomic E-state index is 0.105. The van der Waals surface area contributed by atoms with Crippen molar-refractivity contribution in [3.63, 3.8) is 0 Å². The molecule has 0 radical (unpaired) electrons. The highest BCUT2D eigenvalue weighted by atomic mass is 32.2. The predicted molar refractivity (Wildman–Crippen MR) is 81.2 cm³/mol. The smallest absolute Gasteiger partial charge is 0.342 e. The highest BCUT2D eigenvalue weighted by molar-refractivity contribution is 8.36. The highest BCUT2D eigenvalue weighted by Crippen LogP contribution is 2.25. The number of hydrogen-bond acceptors (Lipinski definition) is 7. The third kappa shape index (κ3) is 4.23. The van der Waals surface area contributed by atoms with Crippen LogP contribution in [0.3, 0.4) is 0 Å². The Balaban J connectivity index is 1.83. The average Bonchev–Trinajstić information content (AvgIpc) is 2.85. The van der Waals surface area contributed by atoms with Gasteiger partial charge >= 0.3 is 5.82 Å². The summed E-state index contributed by atoms with van der Waals surface area (Å²) in [4.78, 5) is 25.8. The lowest BCUT2D eigenvalue weighted by atomic mass is 10.3. The van der Waals surface area contributed by atoms with Crippen LogP contribution in [0.1, 0.15) is 5.82 Å². The highest BCUT2D eigenvalue weighted by Gasteiger charge is 2.18. The van der Waals surface area contributed by atoms with E-state index in [4.69, 9.17) is 4.18 Å². The van der Waals surface area contributed by atoms with Gasteiger partial charge in [0.25, 0.3) is 4.45 Å². The van der Waals surface area contributed by atoms with Crippen LogP contribution in [0.25, 0.3) is 0 Å². The van der Waals surface area contributed by atoms with Crippen LogP contribution in [0.2, 0.25) is 0 Å². The Hall–Kier alpha value is -2.00. The molecule has 0 fully saturated rings. The fraction of sp³-hybridized carbons (Fsp3) is 0.167. The van der Waals surface area contributed by atoms with Crippen molar-refractivity contribution in [3.05, 3.63) is 52.5 Å². The maximum Gasteiger partial charge on any atom is 0.342 e. The molecular formula is C12H11N3O4S2. The van der Waals surface area contributed by atoms with E-state index in [0.29, 0.717) is 11.6 Å². The van der Waals surface area contributed by atoms with Gasteiger partial charge in [-0.15, -0.1) is 0 Å². The molecule has 0 aliphatic heterocycles. The SMILES string of the molecule is Cn1c([N+](=O)[O-])cnc1CSC(=O)SOc1ccccc1. The molecule has 0 saturated carbocycles. The van der Waals surface area contributed by atoms with Crippen LogP contribution in [0, 0.1) is 10.1 Å². The van der Waals surface area contributed by atoms with Crippen LogP contribution in [-0.4, -0.2) is 18.9 Å². The van der Waals surface area contributed by atoms with Crippen molar-refractivity contribution in [2.45, 2.75) is 5.75 Å². The maximum absolute atomic E-state index is 11.7. The van der Waals surface area contributed by atoms with Crippen LogP contribution < -0.4 is 4.18 Å². The van der Waals surface area contributed by atoms with Gasteiger partial charge in [0, 0.05) is 0 Å². The summed E-state index contributed by atoms with van der Waals surface area (Å²) in [6, 6.07) is 8.95. The van der Waals surface area contributed by atoms with Gasteiger partial charge in [0.15, 0.2) is 0 Å². The molecule has 0 saturated heterocycles. The Kier molecular flexibility index (Phi) is 5.23. The number of nitro groups is 1. The number of aromatic nitrogens is 2. The van der Waals surface area contributed by atoms with Crippen LogP contribution in [0.5, 0.6) is 5.75 Å². The van der Waals surface area contributed by atoms with Gasteiger partial charge in [-0.1, -0.05) is 30.0 Å². The second-order valence-corrected chi connectivity index (χ2v) is 5.78. The van der Waals surface area contributed by atoms with Gasteiger partial charge in [0.2, 0.25) is 5.82 Å². The Bertz CT molecular complexity index is 645. The quantitative estimate of drug-likeness (QED) is 0.473. The molecule has 1 aromatic heterocycles. The molecular weight excluding hydrogens is 314 g/mol. The largest absolute Gasteiger partial charge is 0.417 e. The zero-order chi connectivity index (χ0) is 15.2. The summed E-state index contributed by atoms with van der Waals surface area (Å²) < 4.78 is 6.35. The number of rotatable bonds is 5. The lowest BCUT2D eigenvalue weighted by Gasteiger charge is -2.01. The topological polar surface area (TPSA) is 87.3 Å². The Labute approximate surface area is 129 Å². The van der Waals surface area contributed by atoms with Crippen LogP contribution in [-0.2, 0) is 12.8 Å². The van der Waals surface area contributed by atoms with Gasteiger partial charge in [-0.2, -0.15) is 0 Å². The normalized spacial score (nSPS) is 10.3. The lowest BCUT2D eigenvalue weighted by molar-refractivity contribution is -0.391. The van der Waals surface area contributed by atoms with Crippen LogP contribution in [0.15, 0.2) is 36.5 Å². The van der Waals surface area contributed by atoms with E-state index in [9.17, 15) is 14.9 Å². The fourth-order valence-corrected chi connectivity index (χ4v) is 2.71. The van der Waals surface area contributed by atoms with E-state index >= 15 is 0 Å². The van der Waals surface area contributed by atoms with E-state index in [-0.39, 0.29) is 16.0 Å². The number of hydrogen-bond donors (Lipinski definition) is 0. The molecule has 0 amide bonds. The van der Waals surface area contributed by atoms with E-state index < -0.39 is 4.92 Å². The molecule has 0 N–H and O–H groups in total. The van der Waals surface area contributed by atoms with Gasteiger partial charge in [0.05, 0.1) is 12.8 Å². The van der Waals surface area contributed by atoms with Crippen LogP contribution in [0.4, 0.5) is 10.6 Å². The Morgan fingerprint density at radius 1 is 1.43 bits per heavy atom. The van der Waals surface area contributed by atoms with Gasteiger partial charge in [0.1, 0.15) is 24.0 Å². The number of para-hydroxylation sites is 1. The molecule has 2 rings (SSSR count). The molecule has 1 heterocycles. The number of carbonyl (C=O) groups excluding carboxylic acids is 1. The summed E-state index contributed by atoms with van der Waals surface area (Å²) in [6.07, 6.45) is 1.17. The summed E-state index contributed by atoms with van der Waals surface area (Å²) in [5.74, 6) is 1.18. The summed E-state index contributed by atoms with van der Waals surface area (Å²) >= 11 is 1.70. The molecule has 0 atom stereocenters. The molecule has 21 heavy (non-hydrogen) atoms. The molecule has 2 aromatic rings. The molecule has 0 unspecified atom stereocenters. The molecule has 9 heteroatoms. The van der Waals surface area contributed by atoms with Gasteiger partial charge in [-0.25, -0.2) is 9.55 Å². The number of nitrogens with zero attached hydrogens (tertiary/aromatic N) is 3. The molecule has 0 spiro atoms. The molecule has 110 valence electrons. The molecule has 0 aliphatic rings. The van der Waals surface area contributed by atoms with E-state index in [0.717, 1.165) is 23.8 Å². The predicted octanol–water partition coefficient (Wildman–Crippen LogP) is 3.41. The zero-order valence-corrected chi connectivity index (χ0v) is 12.6. The van der Waals surface area contributed by atoms with Crippen molar-refractivity contribution in [1.82, 2.24) is 9.55 Å². The first kappa shape index (κ1) is 15.4. The lowest BCUT2D eigenvalue weighted by Crippen LogP contribution is -2.01. The molecule has 0 aliphatic carbocycles. The average molecular weight is 325 g/mol. The van der Waals surface area contributed by atoms with Gasteiger partial charge < -0.3 is 14.3 Å². The van der Waals surface area contributed by atoms with Crippen molar-refractivity contribution in [1.29, 1.82) is 0 Å². The van der Waals surface area contributed by atoms with Gasteiger partial charge in [-0.05, 0) is 17.1 Å². The summed E-state index contributed by atoms with van der Waals surface area (Å²) in [5.41, 5.74) is 0. The van der Waals surface area contributed by atoms with E-state index in [1.165, 1.54) is 10.8 Å². The number of thioether (sulfide) groups is 1. The van der Waals surface area contributed by atoms with Crippen molar-refractivity contribution in [2.75, 3.05) is 0 Å². The van der Waals surface area contributed by atoms with E-state index in [1.54, 1.807) is 31.3 Å². The molecule has 1 aromatic carbocycles. The Morgan fingerprint density at radius 3 is 2.76 bits per heavy atom. The summed E-state index contributed by atoms with van der Waals surface area (Å²) in [6.45, 7) is 0.